The number of allylic oxidation sites excluding steroid dienone is 1. The zero-order valence-electron chi connectivity index (χ0n) is 16.7. The molecule has 1 unspecified atom stereocenters. The van der Waals surface area contributed by atoms with Crippen molar-refractivity contribution in [1.82, 2.24) is 14.8 Å². The standard InChI is InChI=1S/C22H21N5O2S/c1-4-12-27-20(17-8-10-19(29-3)11-9-17)25-26-22(27)30-15(2)21(28)24-18-7-5-6-16(13-18)14-23/h4-11,13,15H,1,12H2,2-3H3,(H,24,28). The lowest BCUT2D eigenvalue weighted by Gasteiger charge is -2.13. The van der Waals surface area contributed by atoms with Gasteiger partial charge >= 0.3 is 0 Å². The zero-order chi connectivity index (χ0) is 21.5. The Balaban J connectivity index is 1.77. The smallest absolute Gasteiger partial charge is 0.237 e. The summed E-state index contributed by atoms with van der Waals surface area (Å²) in [5.41, 5.74) is 1.96. The molecule has 2 aromatic carbocycles. The number of hydrogen-bond donors (Lipinski definition) is 1. The second kappa shape index (κ2) is 9.76. The molecule has 0 saturated carbocycles. The minimum Gasteiger partial charge on any atom is -0.497 e. The Kier molecular flexibility index (Phi) is 6.88. The van der Waals surface area contributed by atoms with E-state index in [1.165, 1.54) is 11.8 Å². The molecule has 1 N–H and O–H groups in total. The van der Waals surface area contributed by atoms with Crippen LogP contribution in [0.25, 0.3) is 11.4 Å². The summed E-state index contributed by atoms with van der Waals surface area (Å²) < 4.78 is 7.12. The lowest BCUT2D eigenvalue weighted by molar-refractivity contribution is -0.115. The minimum absolute atomic E-state index is 0.186. The third kappa shape index (κ3) is 4.88. The SMILES string of the molecule is C=CCn1c(SC(C)C(=O)Nc2cccc(C#N)c2)nnc1-c1ccc(OC)cc1. The first-order chi connectivity index (χ1) is 14.5. The van der Waals surface area contributed by atoms with Crippen molar-refractivity contribution in [3.8, 4) is 23.2 Å². The Hall–Kier alpha value is -3.57. The second-order valence-electron chi connectivity index (χ2n) is 6.38. The normalized spacial score (nSPS) is 11.4. The Morgan fingerprint density at radius 1 is 1.33 bits per heavy atom. The molecule has 0 bridgehead atoms. The van der Waals surface area contributed by atoms with Crippen molar-refractivity contribution < 1.29 is 9.53 Å². The van der Waals surface area contributed by atoms with Crippen LogP contribution in [-0.2, 0) is 11.3 Å². The number of amides is 1. The van der Waals surface area contributed by atoms with E-state index < -0.39 is 5.25 Å². The van der Waals surface area contributed by atoms with E-state index in [9.17, 15) is 4.79 Å². The number of aromatic nitrogens is 3. The van der Waals surface area contributed by atoms with Gasteiger partial charge in [-0.05, 0) is 49.4 Å². The molecule has 0 aliphatic heterocycles. The number of nitrogens with zero attached hydrogens (tertiary/aromatic N) is 4. The third-order valence-electron chi connectivity index (χ3n) is 4.29. The predicted molar refractivity (Wildman–Crippen MR) is 117 cm³/mol. The van der Waals surface area contributed by atoms with Crippen molar-refractivity contribution in [3.05, 3.63) is 66.7 Å². The van der Waals surface area contributed by atoms with Crippen molar-refractivity contribution in [3.63, 3.8) is 0 Å². The van der Waals surface area contributed by atoms with E-state index >= 15 is 0 Å². The number of anilines is 1. The van der Waals surface area contributed by atoms with Gasteiger partial charge in [-0.25, -0.2) is 0 Å². The van der Waals surface area contributed by atoms with Crippen molar-refractivity contribution in [2.75, 3.05) is 12.4 Å². The van der Waals surface area contributed by atoms with Crippen LogP contribution < -0.4 is 10.1 Å². The molecule has 8 heteroatoms. The van der Waals surface area contributed by atoms with E-state index in [0.29, 0.717) is 28.8 Å². The molecular weight excluding hydrogens is 398 g/mol. The van der Waals surface area contributed by atoms with Gasteiger partial charge in [-0.15, -0.1) is 16.8 Å². The number of nitriles is 1. The highest BCUT2D eigenvalue weighted by Gasteiger charge is 2.20. The molecule has 152 valence electrons. The van der Waals surface area contributed by atoms with Gasteiger partial charge in [0.1, 0.15) is 5.75 Å². The first-order valence-corrected chi connectivity index (χ1v) is 10.1. The van der Waals surface area contributed by atoms with Crippen LogP contribution in [-0.4, -0.2) is 33.0 Å². The van der Waals surface area contributed by atoms with E-state index in [2.05, 4.69) is 28.2 Å². The number of benzene rings is 2. The summed E-state index contributed by atoms with van der Waals surface area (Å²) in [4.78, 5) is 12.6. The summed E-state index contributed by atoms with van der Waals surface area (Å²) in [7, 11) is 1.62. The fraction of sp³-hybridized carbons (Fsp3) is 0.182. The number of methoxy groups -OCH3 is 1. The number of nitrogens with one attached hydrogen (secondary N) is 1. The van der Waals surface area contributed by atoms with Crippen LogP contribution in [0.5, 0.6) is 5.75 Å². The van der Waals surface area contributed by atoms with Crippen LogP contribution in [0.1, 0.15) is 12.5 Å². The van der Waals surface area contributed by atoms with Crippen LogP contribution in [0.15, 0.2) is 66.3 Å². The van der Waals surface area contributed by atoms with Gasteiger partial charge in [-0.2, -0.15) is 5.26 Å². The maximum absolute atomic E-state index is 12.6. The molecule has 30 heavy (non-hydrogen) atoms. The van der Waals surface area contributed by atoms with Gasteiger partial charge in [0.15, 0.2) is 11.0 Å². The molecule has 1 amide bonds. The number of ether oxygens (including phenoxy) is 1. The third-order valence-corrected chi connectivity index (χ3v) is 5.37. The fourth-order valence-electron chi connectivity index (χ4n) is 2.75. The summed E-state index contributed by atoms with van der Waals surface area (Å²) in [5, 5.41) is 20.6. The van der Waals surface area contributed by atoms with E-state index in [1.54, 1.807) is 44.4 Å². The molecule has 1 atom stereocenters. The van der Waals surface area contributed by atoms with Crippen LogP contribution in [0, 0.1) is 11.3 Å². The first-order valence-electron chi connectivity index (χ1n) is 9.22. The van der Waals surface area contributed by atoms with Crippen LogP contribution >= 0.6 is 11.8 Å². The number of hydrogen-bond acceptors (Lipinski definition) is 6. The largest absolute Gasteiger partial charge is 0.497 e. The van der Waals surface area contributed by atoms with Gasteiger partial charge in [-0.1, -0.05) is 23.9 Å². The van der Waals surface area contributed by atoms with Crippen LogP contribution in [0.4, 0.5) is 5.69 Å². The molecule has 0 fully saturated rings. The first kappa shape index (κ1) is 21.1. The van der Waals surface area contributed by atoms with Crippen molar-refractivity contribution in [2.45, 2.75) is 23.9 Å². The Labute approximate surface area is 179 Å². The highest BCUT2D eigenvalue weighted by Crippen LogP contribution is 2.28. The predicted octanol–water partition coefficient (Wildman–Crippen LogP) is 4.13. The van der Waals surface area contributed by atoms with Gasteiger partial charge in [0.25, 0.3) is 0 Å². The Morgan fingerprint density at radius 2 is 2.10 bits per heavy atom. The molecule has 7 nitrogen and oxygen atoms in total. The lowest BCUT2D eigenvalue weighted by atomic mass is 10.2. The molecular formula is C22H21N5O2S. The van der Waals surface area contributed by atoms with E-state index in [4.69, 9.17) is 10.00 Å². The van der Waals surface area contributed by atoms with Gasteiger partial charge in [-0.3, -0.25) is 9.36 Å². The highest BCUT2D eigenvalue weighted by molar-refractivity contribution is 8.00. The summed E-state index contributed by atoms with van der Waals surface area (Å²) in [6.45, 7) is 6.12. The molecule has 0 saturated heterocycles. The number of carbonyl (C=O) groups is 1. The molecule has 0 aliphatic rings. The lowest BCUT2D eigenvalue weighted by Crippen LogP contribution is -2.23. The molecule has 0 radical (unpaired) electrons. The number of rotatable bonds is 8. The quantitative estimate of drug-likeness (QED) is 0.436. The highest BCUT2D eigenvalue weighted by atomic mass is 32.2. The molecule has 1 aromatic heterocycles. The topological polar surface area (TPSA) is 92.8 Å². The average Bonchev–Trinajstić information content (AvgIpc) is 3.16. The van der Waals surface area contributed by atoms with Gasteiger partial charge in [0.2, 0.25) is 5.91 Å². The molecule has 3 rings (SSSR count). The molecule has 0 spiro atoms. The summed E-state index contributed by atoms with van der Waals surface area (Å²) in [5.74, 6) is 1.26. The zero-order valence-corrected chi connectivity index (χ0v) is 17.5. The Bertz CT molecular complexity index is 1090. The Morgan fingerprint density at radius 3 is 2.77 bits per heavy atom. The number of thioether (sulfide) groups is 1. The van der Waals surface area contributed by atoms with Crippen molar-refractivity contribution in [2.24, 2.45) is 0 Å². The van der Waals surface area contributed by atoms with Crippen molar-refractivity contribution >= 4 is 23.4 Å². The monoisotopic (exact) mass is 419 g/mol. The molecule has 0 aliphatic carbocycles. The van der Waals surface area contributed by atoms with E-state index in [0.717, 1.165) is 11.3 Å². The van der Waals surface area contributed by atoms with Gasteiger partial charge in [0.05, 0.1) is 24.0 Å². The molecule has 3 aromatic rings. The van der Waals surface area contributed by atoms with Gasteiger partial charge < -0.3 is 10.1 Å². The molecule has 1 heterocycles. The average molecular weight is 420 g/mol. The number of carbonyl (C=O) groups excluding carboxylic acids is 1. The van der Waals surface area contributed by atoms with Crippen LogP contribution in [0.3, 0.4) is 0 Å². The van der Waals surface area contributed by atoms with Crippen molar-refractivity contribution in [1.29, 1.82) is 5.26 Å². The summed E-state index contributed by atoms with van der Waals surface area (Å²) in [6.07, 6.45) is 1.76. The fourth-order valence-corrected chi connectivity index (χ4v) is 3.60. The maximum atomic E-state index is 12.6. The van der Waals surface area contributed by atoms with Gasteiger partial charge in [0, 0.05) is 17.8 Å². The second-order valence-corrected chi connectivity index (χ2v) is 7.68. The van der Waals surface area contributed by atoms with E-state index in [1.807, 2.05) is 28.8 Å². The summed E-state index contributed by atoms with van der Waals surface area (Å²) >= 11 is 1.31. The minimum atomic E-state index is -0.424. The van der Waals surface area contributed by atoms with Crippen LogP contribution in [0.2, 0.25) is 0 Å². The van der Waals surface area contributed by atoms with E-state index in [-0.39, 0.29) is 5.91 Å². The maximum Gasteiger partial charge on any atom is 0.237 e. The summed E-state index contributed by atoms with van der Waals surface area (Å²) in [6, 6.07) is 16.4.